The van der Waals surface area contributed by atoms with Gasteiger partial charge < -0.3 is 19.6 Å². The van der Waals surface area contributed by atoms with Crippen molar-refractivity contribution in [1.82, 2.24) is 5.32 Å². The highest BCUT2D eigenvalue weighted by molar-refractivity contribution is 14.1. The first kappa shape index (κ1) is 15.4. The first-order valence-electron chi connectivity index (χ1n) is 6.01. The molecule has 2 N–H and O–H groups in total. The van der Waals surface area contributed by atoms with Gasteiger partial charge in [0.2, 0.25) is 0 Å². The minimum Gasteiger partial charge on any atom is -0.483 e. The predicted molar refractivity (Wildman–Crippen MR) is 82.2 cm³/mol. The third kappa shape index (κ3) is 4.48. The number of carboxylic acids is 1. The van der Waals surface area contributed by atoms with E-state index >= 15 is 0 Å². The van der Waals surface area contributed by atoms with E-state index in [2.05, 4.69) is 5.32 Å². The predicted octanol–water partition coefficient (Wildman–Crippen LogP) is 2.28. The van der Waals surface area contributed by atoms with Gasteiger partial charge in [0.1, 0.15) is 11.5 Å². The van der Waals surface area contributed by atoms with Crippen molar-refractivity contribution in [1.29, 1.82) is 0 Å². The van der Waals surface area contributed by atoms with Crippen molar-refractivity contribution >= 4 is 34.5 Å². The number of rotatable bonds is 6. The van der Waals surface area contributed by atoms with Crippen LogP contribution < -0.4 is 10.1 Å². The van der Waals surface area contributed by atoms with Gasteiger partial charge in [0.05, 0.1) is 21.9 Å². The molecule has 0 fully saturated rings. The number of hydrogen-bond donors (Lipinski definition) is 2. The van der Waals surface area contributed by atoms with Gasteiger partial charge in [-0.05, 0) is 52.9 Å². The molecule has 0 atom stereocenters. The molecule has 110 valence electrons. The third-order valence-electron chi connectivity index (χ3n) is 2.58. The molecular weight excluding hydrogens is 389 g/mol. The second-order valence-electron chi connectivity index (χ2n) is 4.10. The molecule has 6 nitrogen and oxygen atoms in total. The fourth-order valence-corrected chi connectivity index (χ4v) is 2.03. The van der Waals surface area contributed by atoms with Crippen molar-refractivity contribution in [2.24, 2.45) is 0 Å². The summed E-state index contributed by atoms with van der Waals surface area (Å²) in [5.74, 6) is -0.351. The molecule has 1 amide bonds. The Morgan fingerprint density at radius 3 is 2.81 bits per heavy atom. The molecule has 0 aliphatic rings. The number of amides is 1. The highest BCUT2D eigenvalue weighted by atomic mass is 127. The maximum atomic E-state index is 11.6. The highest BCUT2D eigenvalue weighted by Crippen LogP contribution is 2.22. The van der Waals surface area contributed by atoms with Crippen LogP contribution in [0.4, 0.5) is 0 Å². The van der Waals surface area contributed by atoms with Crippen LogP contribution in [0, 0.1) is 3.57 Å². The van der Waals surface area contributed by atoms with Crippen LogP contribution in [0.2, 0.25) is 0 Å². The lowest BCUT2D eigenvalue weighted by Gasteiger charge is -2.09. The molecule has 0 saturated heterocycles. The zero-order valence-electron chi connectivity index (χ0n) is 10.8. The van der Waals surface area contributed by atoms with Crippen molar-refractivity contribution in [2.45, 2.75) is 6.54 Å². The molecule has 7 heteroatoms. The largest absolute Gasteiger partial charge is 0.483 e. The molecule has 0 saturated carbocycles. The number of carbonyl (C=O) groups excluding carboxylic acids is 1. The summed E-state index contributed by atoms with van der Waals surface area (Å²) < 4.78 is 11.2. The van der Waals surface area contributed by atoms with Crippen molar-refractivity contribution < 1.29 is 23.8 Å². The number of ether oxygens (including phenoxy) is 1. The quantitative estimate of drug-likeness (QED) is 0.726. The number of aromatic carboxylic acids is 1. The van der Waals surface area contributed by atoms with Gasteiger partial charge in [-0.15, -0.1) is 0 Å². The summed E-state index contributed by atoms with van der Waals surface area (Å²) in [6, 6.07) is 7.98. The lowest BCUT2D eigenvalue weighted by atomic mass is 10.2. The molecule has 1 aromatic carbocycles. The molecule has 0 aliphatic carbocycles. The minimum absolute atomic E-state index is 0.112. The molecular formula is C14H12INO5. The van der Waals surface area contributed by atoms with E-state index in [4.69, 9.17) is 14.3 Å². The van der Waals surface area contributed by atoms with Crippen molar-refractivity contribution in [3.05, 3.63) is 51.5 Å². The smallest absolute Gasteiger partial charge is 0.335 e. The molecule has 0 unspecified atom stereocenters. The number of halogens is 1. The maximum Gasteiger partial charge on any atom is 0.335 e. The van der Waals surface area contributed by atoms with Gasteiger partial charge in [-0.1, -0.05) is 0 Å². The molecule has 0 aliphatic heterocycles. The number of benzene rings is 1. The third-order valence-corrected chi connectivity index (χ3v) is 3.47. The molecule has 1 heterocycles. The van der Waals surface area contributed by atoms with E-state index in [9.17, 15) is 9.59 Å². The van der Waals surface area contributed by atoms with Gasteiger partial charge in [0, 0.05) is 0 Å². The van der Waals surface area contributed by atoms with Gasteiger partial charge in [0.25, 0.3) is 5.91 Å². The summed E-state index contributed by atoms with van der Waals surface area (Å²) in [6.45, 7) is 0.0846. The van der Waals surface area contributed by atoms with Gasteiger partial charge in [-0.2, -0.15) is 0 Å². The van der Waals surface area contributed by atoms with E-state index in [-0.39, 0.29) is 24.6 Å². The fourth-order valence-electron chi connectivity index (χ4n) is 1.54. The normalized spacial score (nSPS) is 10.1. The molecule has 0 spiro atoms. The van der Waals surface area contributed by atoms with Crippen LogP contribution in [0.5, 0.6) is 5.75 Å². The number of nitrogens with one attached hydrogen (secondary N) is 1. The van der Waals surface area contributed by atoms with E-state index in [1.165, 1.54) is 18.4 Å². The Kier molecular flexibility index (Phi) is 5.20. The maximum absolute atomic E-state index is 11.6. The van der Waals surface area contributed by atoms with E-state index in [0.717, 1.165) is 3.57 Å². The Morgan fingerprint density at radius 1 is 1.33 bits per heavy atom. The molecule has 2 aromatic rings. The van der Waals surface area contributed by atoms with Crippen LogP contribution in [0.25, 0.3) is 0 Å². The van der Waals surface area contributed by atoms with E-state index < -0.39 is 5.97 Å². The van der Waals surface area contributed by atoms with Crippen molar-refractivity contribution in [2.75, 3.05) is 6.61 Å². The highest BCUT2D eigenvalue weighted by Gasteiger charge is 2.10. The standard InChI is InChI=1S/C14H12INO5/c15-11-4-3-9(14(18)19)6-12(11)21-8-13(17)16-7-10-2-1-5-20-10/h1-6H,7-8H2,(H,16,17)(H,18,19). The Bertz CT molecular complexity index is 639. The van der Waals surface area contributed by atoms with E-state index in [1.807, 2.05) is 22.6 Å². The second-order valence-corrected chi connectivity index (χ2v) is 5.26. The second kappa shape index (κ2) is 7.11. The molecule has 2 rings (SSSR count). The topological polar surface area (TPSA) is 88.8 Å². The SMILES string of the molecule is O=C(COc1cc(C(=O)O)ccc1I)NCc1ccco1. The number of carboxylic acid groups (broad SMARTS) is 1. The first-order chi connectivity index (χ1) is 10.1. The van der Waals surface area contributed by atoms with E-state index in [1.54, 1.807) is 18.2 Å². The van der Waals surface area contributed by atoms with Gasteiger partial charge >= 0.3 is 5.97 Å². The molecule has 0 bridgehead atoms. The summed E-state index contributed by atoms with van der Waals surface area (Å²) in [7, 11) is 0. The Balaban J connectivity index is 1.88. The minimum atomic E-state index is -1.04. The monoisotopic (exact) mass is 401 g/mol. The van der Waals surface area contributed by atoms with Gasteiger partial charge in [-0.3, -0.25) is 4.79 Å². The summed E-state index contributed by atoms with van der Waals surface area (Å²) in [5.41, 5.74) is 0.112. The Hall–Kier alpha value is -2.03. The van der Waals surface area contributed by atoms with Gasteiger partial charge in [0.15, 0.2) is 6.61 Å². The van der Waals surface area contributed by atoms with Crippen LogP contribution in [-0.2, 0) is 11.3 Å². The average molecular weight is 401 g/mol. The fraction of sp³-hybridized carbons (Fsp3) is 0.143. The van der Waals surface area contributed by atoms with Crippen LogP contribution >= 0.6 is 22.6 Å². The van der Waals surface area contributed by atoms with Crippen molar-refractivity contribution in [3.63, 3.8) is 0 Å². The molecule has 1 aromatic heterocycles. The Morgan fingerprint density at radius 2 is 2.14 bits per heavy atom. The van der Waals surface area contributed by atoms with E-state index in [0.29, 0.717) is 11.5 Å². The molecule has 21 heavy (non-hydrogen) atoms. The summed E-state index contributed by atoms with van der Waals surface area (Å²) in [6.07, 6.45) is 1.53. The number of carbonyl (C=O) groups is 2. The summed E-state index contributed by atoms with van der Waals surface area (Å²) >= 11 is 2.01. The lowest BCUT2D eigenvalue weighted by molar-refractivity contribution is -0.123. The lowest BCUT2D eigenvalue weighted by Crippen LogP contribution is -2.28. The average Bonchev–Trinajstić information content (AvgIpc) is 2.97. The van der Waals surface area contributed by atoms with Gasteiger partial charge in [-0.25, -0.2) is 4.79 Å². The zero-order valence-corrected chi connectivity index (χ0v) is 13.0. The molecule has 0 radical (unpaired) electrons. The summed E-state index contributed by atoms with van der Waals surface area (Å²) in [4.78, 5) is 22.5. The first-order valence-corrected chi connectivity index (χ1v) is 7.09. The van der Waals surface area contributed by atoms with Crippen LogP contribution in [-0.4, -0.2) is 23.6 Å². The van der Waals surface area contributed by atoms with Crippen LogP contribution in [0.3, 0.4) is 0 Å². The zero-order chi connectivity index (χ0) is 15.2. The van der Waals surface area contributed by atoms with Crippen LogP contribution in [0.15, 0.2) is 41.0 Å². The summed E-state index contributed by atoms with van der Waals surface area (Å²) in [5, 5.41) is 11.6. The Labute approximate surface area is 134 Å². The number of hydrogen-bond acceptors (Lipinski definition) is 4. The van der Waals surface area contributed by atoms with Crippen molar-refractivity contribution in [3.8, 4) is 5.75 Å². The van der Waals surface area contributed by atoms with Crippen LogP contribution in [0.1, 0.15) is 16.1 Å². The number of furan rings is 1.